The lowest BCUT2D eigenvalue weighted by Crippen LogP contribution is -2.31. The van der Waals surface area contributed by atoms with Crippen molar-refractivity contribution in [2.75, 3.05) is 5.75 Å². The minimum absolute atomic E-state index is 0.0319. The van der Waals surface area contributed by atoms with Crippen molar-refractivity contribution < 1.29 is 23.1 Å². The van der Waals surface area contributed by atoms with Gasteiger partial charge < -0.3 is 10.1 Å². The first kappa shape index (κ1) is 19.9. The van der Waals surface area contributed by atoms with Gasteiger partial charge in [-0.2, -0.15) is 0 Å². The fraction of sp³-hybridized carbons (Fsp3) is 0.263. The summed E-state index contributed by atoms with van der Waals surface area (Å²) in [4.78, 5) is 24.6. The highest BCUT2D eigenvalue weighted by Crippen LogP contribution is 2.24. The van der Waals surface area contributed by atoms with E-state index in [2.05, 4.69) is 5.32 Å². The number of amides is 1. The molecule has 1 N–H and O–H groups in total. The Morgan fingerprint density at radius 1 is 1.12 bits per heavy atom. The third kappa shape index (κ3) is 5.56. The van der Waals surface area contributed by atoms with Gasteiger partial charge in [0, 0.05) is 16.5 Å². The average Bonchev–Trinajstić information content (AvgIpc) is 2.60. The monoisotopic (exact) mass is 379 g/mol. The summed E-state index contributed by atoms with van der Waals surface area (Å²) >= 11 is 1.21. The SMILES string of the molecule is CC(C)NC(=O)CSc1ccccc1C(=O)OCc1cccc(F)c1F. The summed E-state index contributed by atoms with van der Waals surface area (Å²) in [6.45, 7) is 3.34. The second-order valence-electron chi connectivity index (χ2n) is 5.80. The van der Waals surface area contributed by atoms with Crippen LogP contribution in [0.4, 0.5) is 8.78 Å². The molecule has 138 valence electrons. The number of carbonyl (C=O) groups excluding carboxylic acids is 2. The van der Waals surface area contributed by atoms with E-state index < -0.39 is 17.6 Å². The number of hydrogen-bond donors (Lipinski definition) is 1. The van der Waals surface area contributed by atoms with Crippen molar-refractivity contribution >= 4 is 23.6 Å². The number of hydrogen-bond acceptors (Lipinski definition) is 4. The van der Waals surface area contributed by atoms with E-state index in [1.165, 1.54) is 23.9 Å². The maximum absolute atomic E-state index is 13.6. The first-order chi connectivity index (χ1) is 12.4. The van der Waals surface area contributed by atoms with Crippen LogP contribution in [0.2, 0.25) is 0 Å². The summed E-state index contributed by atoms with van der Waals surface area (Å²) in [6, 6.07) is 10.4. The highest BCUT2D eigenvalue weighted by molar-refractivity contribution is 8.00. The molecule has 2 rings (SSSR count). The Labute approximate surface area is 154 Å². The van der Waals surface area contributed by atoms with E-state index in [9.17, 15) is 18.4 Å². The molecule has 0 aromatic heterocycles. The van der Waals surface area contributed by atoms with Gasteiger partial charge in [0.2, 0.25) is 5.91 Å². The van der Waals surface area contributed by atoms with Gasteiger partial charge in [0.1, 0.15) is 6.61 Å². The molecule has 0 fully saturated rings. The van der Waals surface area contributed by atoms with Crippen LogP contribution in [-0.4, -0.2) is 23.7 Å². The summed E-state index contributed by atoms with van der Waals surface area (Å²) in [5, 5.41) is 2.77. The molecule has 0 aliphatic heterocycles. The number of ether oxygens (including phenoxy) is 1. The minimum Gasteiger partial charge on any atom is -0.457 e. The topological polar surface area (TPSA) is 55.4 Å². The molecule has 0 saturated carbocycles. The van der Waals surface area contributed by atoms with Crippen LogP contribution < -0.4 is 5.32 Å². The van der Waals surface area contributed by atoms with Crippen LogP contribution in [0.5, 0.6) is 0 Å². The Morgan fingerprint density at radius 2 is 1.85 bits per heavy atom. The number of benzene rings is 2. The molecule has 26 heavy (non-hydrogen) atoms. The molecular formula is C19H19F2NO3S. The van der Waals surface area contributed by atoms with Crippen molar-refractivity contribution in [2.24, 2.45) is 0 Å². The first-order valence-electron chi connectivity index (χ1n) is 7.99. The second-order valence-corrected chi connectivity index (χ2v) is 6.81. The summed E-state index contributed by atoms with van der Waals surface area (Å²) < 4.78 is 31.9. The Kier molecular flexibility index (Phi) is 7.15. The van der Waals surface area contributed by atoms with Gasteiger partial charge in [-0.15, -0.1) is 11.8 Å². The van der Waals surface area contributed by atoms with Crippen LogP contribution in [0, 0.1) is 11.6 Å². The number of nitrogens with one attached hydrogen (secondary N) is 1. The molecule has 7 heteroatoms. The predicted molar refractivity (Wildman–Crippen MR) is 95.9 cm³/mol. The number of halogens is 2. The molecule has 0 atom stereocenters. The smallest absolute Gasteiger partial charge is 0.339 e. The fourth-order valence-electron chi connectivity index (χ4n) is 2.15. The molecule has 2 aromatic rings. The third-order valence-electron chi connectivity index (χ3n) is 3.31. The van der Waals surface area contributed by atoms with E-state index in [1.807, 2.05) is 13.8 Å². The normalized spacial score (nSPS) is 10.7. The summed E-state index contributed by atoms with van der Waals surface area (Å²) in [6.07, 6.45) is 0. The molecule has 0 bridgehead atoms. The lowest BCUT2D eigenvalue weighted by Gasteiger charge is -2.11. The number of thioether (sulfide) groups is 1. The molecule has 0 aliphatic rings. The van der Waals surface area contributed by atoms with E-state index in [-0.39, 0.29) is 35.4 Å². The molecule has 0 radical (unpaired) electrons. The quantitative estimate of drug-likeness (QED) is 0.585. The van der Waals surface area contributed by atoms with Crippen LogP contribution in [0.1, 0.15) is 29.8 Å². The van der Waals surface area contributed by atoms with Crippen molar-refractivity contribution in [1.82, 2.24) is 5.32 Å². The van der Waals surface area contributed by atoms with Gasteiger partial charge in [-0.05, 0) is 32.0 Å². The van der Waals surface area contributed by atoms with Gasteiger partial charge in [-0.1, -0.05) is 24.3 Å². The Hall–Kier alpha value is -2.41. The Bertz CT molecular complexity index is 796. The zero-order valence-electron chi connectivity index (χ0n) is 14.4. The van der Waals surface area contributed by atoms with Crippen molar-refractivity contribution in [1.29, 1.82) is 0 Å². The van der Waals surface area contributed by atoms with Crippen LogP contribution in [0.3, 0.4) is 0 Å². The van der Waals surface area contributed by atoms with Crippen LogP contribution in [-0.2, 0) is 16.1 Å². The van der Waals surface area contributed by atoms with Crippen LogP contribution in [0.25, 0.3) is 0 Å². The Balaban J connectivity index is 2.02. The lowest BCUT2D eigenvalue weighted by molar-refractivity contribution is -0.119. The molecule has 0 aliphatic carbocycles. The van der Waals surface area contributed by atoms with Gasteiger partial charge >= 0.3 is 5.97 Å². The highest BCUT2D eigenvalue weighted by atomic mass is 32.2. The summed E-state index contributed by atoms with van der Waals surface area (Å²) in [7, 11) is 0. The number of carbonyl (C=O) groups is 2. The van der Waals surface area contributed by atoms with Gasteiger partial charge in [0.05, 0.1) is 11.3 Å². The minimum atomic E-state index is -1.03. The maximum Gasteiger partial charge on any atom is 0.339 e. The van der Waals surface area contributed by atoms with Gasteiger partial charge in [0.15, 0.2) is 11.6 Å². The van der Waals surface area contributed by atoms with Gasteiger partial charge in [0.25, 0.3) is 0 Å². The fourth-order valence-corrected chi connectivity index (χ4v) is 3.00. The largest absolute Gasteiger partial charge is 0.457 e. The number of esters is 1. The average molecular weight is 379 g/mol. The zero-order valence-corrected chi connectivity index (χ0v) is 15.2. The van der Waals surface area contributed by atoms with Crippen molar-refractivity contribution in [2.45, 2.75) is 31.4 Å². The van der Waals surface area contributed by atoms with E-state index in [1.54, 1.807) is 24.3 Å². The molecule has 0 spiro atoms. The molecule has 1 amide bonds. The van der Waals surface area contributed by atoms with E-state index in [4.69, 9.17) is 4.74 Å². The molecule has 0 saturated heterocycles. The summed E-state index contributed by atoms with van der Waals surface area (Å²) in [5.41, 5.74) is 0.228. The number of rotatable bonds is 7. The molecule has 2 aromatic carbocycles. The lowest BCUT2D eigenvalue weighted by atomic mass is 10.2. The summed E-state index contributed by atoms with van der Waals surface area (Å²) in [5.74, 6) is -2.68. The standard InChI is InChI=1S/C19H19F2NO3S/c1-12(2)22-17(23)11-26-16-9-4-3-7-14(16)19(24)25-10-13-6-5-8-15(20)18(13)21/h3-9,12H,10-11H2,1-2H3,(H,22,23). The van der Waals surface area contributed by atoms with Crippen LogP contribution >= 0.6 is 11.8 Å². The molecular weight excluding hydrogens is 360 g/mol. The third-order valence-corrected chi connectivity index (χ3v) is 4.38. The molecule has 4 nitrogen and oxygen atoms in total. The Morgan fingerprint density at radius 3 is 2.58 bits per heavy atom. The molecule has 0 unspecified atom stereocenters. The van der Waals surface area contributed by atoms with Gasteiger partial charge in [-0.25, -0.2) is 13.6 Å². The van der Waals surface area contributed by atoms with E-state index in [0.29, 0.717) is 4.90 Å². The van der Waals surface area contributed by atoms with Crippen molar-refractivity contribution in [3.05, 3.63) is 65.2 Å². The van der Waals surface area contributed by atoms with E-state index >= 15 is 0 Å². The van der Waals surface area contributed by atoms with Crippen molar-refractivity contribution in [3.8, 4) is 0 Å². The van der Waals surface area contributed by atoms with Gasteiger partial charge in [-0.3, -0.25) is 4.79 Å². The van der Waals surface area contributed by atoms with E-state index in [0.717, 1.165) is 6.07 Å². The van der Waals surface area contributed by atoms with Crippen molar-refractivity contribution in [3.63, 3.8) is 0 Å². The first-order valence-corrected chi connectivity index (χ1v) is 8.98. The zero-order chi connectivity index (χ0) is 19.1. The highest BCUT2D eigenvalue weighted by Gasteiger charge is 2.16. The molecule has 0 heterocycles. The van der Waals surface area contributed by atoms with Crippen LogP contribution in [0.15, 0.2) is 47.4 Å². The predicted octanol–water partition coefficient (Wildman–Crippen LogP) is 3.94. The second kappa shape index (κ2) is 9.33. The maximum atomic E-state index is 13.6.